The van der Waals surface area contributed by atoms with Crippen LogP contribution < -0.4 is 5.73 Å². The zero-order valence-electron chi connectivity index (χ0n) is 11.2. The highest BCUT2D eigenvalue weighted by atomic mass is 79.9. The number of hydrogen-bond acceptors (Lipinski definition) is 2. The highest BCUT2D eigenvalue weighted by molar-refractivity contribution is 9.10. The van der Waals surface area contributed by atoms with Crippen LogP contribution in [0.3, 0.4) is 0 Å². The number of nitrogens with zero attached hydrogens (tertiary/aromatic N) is 2. The average Bonchev–Trinajstić information content (AvgIpc) is 2.58. The number of rotatable bonds is 2. The van der Waals surface area contributed by atoms with Crippen molar-refractivity contribution in [3.8, 4) is 0 Å². The maximum absolute atomic E-state index is 6.02. The molecule has 0 saturated carbocycles. The lowest BCUT2D eigenvalue weighted by molar-refractivity contribution is 0.567. The summed E-state index contributed by atoms with van der Waals surface area (Å²) in [6.45, 7) is 8.52. The van der Waals surface area contributed by atoms with Gasteiger partial charge in [0.25, 0.3) is 0 Å². The van der Waals surface area contributed by atoms with E-state index >= 15 is 0 Å². The van der Waals surface area contributed by atoms with Gasteiger partial charge in [-0.1, -0.05) is 17.7 Å². The summed E-state index contributed by atoms with van der Waals surface area (Å²) in [7, 11) is 0. The normalized spacial score (nSPS) is 12.7. The Balaban J connectivity index is 2.53. The Labute approximate surface area is 116 Å². The van der Waals surface area contributed by atoms with Gasteiger partial charge in [-0.25, -0.2) is 4.68 Å². The van der Waals surface area contributed by atoms with Crippen molar-refractivity contribution >= 4 is 21.7 Å². The predicted molar refractivity (Wildman–Crippen MR) is 78.8 cm³/mol. The van der Waals surface area contributed by atoms with Gasteiger partial charge in [-0.15, -0.1) is 0 Å². The summed E-state index contributed by atoms with van der Waals surface area (Å²) < 4.78 is 2.70. The molecule has 1 heterocycles. The van der Waals surface area contributed by atoms with E-state index in [9.17, 15) is 0 Å². The second-order valence-corrected chi connectivity index (χ2v) is 5.67. The third-order valence-electron chi connectivity index (χ3n) is 3.31. The van der Waals surface area contributed by atoms with Crippen LogP contribution in [0.2, 0.25) is 0 Å². The molecule has 18 heavy (non-hydrogen) atoms. The topological polar surface area (TPSA) is 43.8 Å². The van der Waals surface area contributed by atoms with Crippen LogP contribution in [-0.2, 0) is 0 Å². The number of aromatic nitrogens is 2. The highest BCUT2D eigenvalue weighted by Gasteiger charge is 2.17. The first-order valence-electron chi connectivity index (χ1n) is 5.98. The molecule has 2 N–H and O–H groups in total. The van der Waals surface area contributed by atoms with Crippen molar-refractivity contribution in [3.63, 3.8) is 0 Å². The molecule has 0 saturated heterocycles. The maximum Gasteiger partial charge on any atom is 0.136 e. The van der Waals surface area contributed by atoms with Crippen LogP contribution in [0.1, 0.15) is 35.2 Å². The van der Waals surface area contributed by atoms with Gasteiger partial charge >= 0.3 is 0 Å². The summed E-state index contributed by atoms with van der Waals surface area (Å²) in [4.78, 5) is 0. The first-order valence-corrected chi connectivity index (χ1v) is 6.77. The molecule has 2 aromatic rings. The van der Waals surface area contributed by atoms with Gasteiger partial charge in [0.2, 0.25) is 0 Å². The van der Waals surface area contributed by atoms with Crippen molar-refractivity contribution in [2.24, 2.45) is 0 Å². The van der Waals surface area contributed by atoms with Crippen molar-refractivity contribution in [3.05, 3.63) is 45.1 Å². The Bertz CT molecular complexity index is 564. The van der Waals surface area contributed by atoms with Crippen molar-refractivity contribution < 1.29 is 0 Å². The third-order valence-corrected chi connectivity index (χ3v) is 3.92. The van der Waals surface area contributed by atoms with Crippen LogP contribution in [0.5, 0.6) is 0 Å². The van der Waals surface area contributed by atoms with Gasteiger partial charge in [0.1, 0.15) is 5.82 Å². The Morgan fingerprint density at radius 3 is 2.22 bits per heavy atom. The van der Waals surface area contributed by atoms with Gasteiger partial charge in [0.05, 0.1) is 16.7 Å². The van der Waals surface area contributed by atoms with E-state index < -0.39 is 0 Å². The standard InChI is InChI=1S/C14H18BrN3/c1-8-5-9(2)13(10(3)6-8)11(4)18-14(16)12(15)7-17-18/h5-7,11H,16H2,1-4H3. The van der Waals surface area contributed by atoms with E-state index in [1.54, 1.807) is 6.20 Å². The van der Waals surface area contributed by atoms with Gasteiger partial charge in [0, 0.05) is 0 Å². The smallest absolute Gasteiger partial charge is 0.136 e. The molecule has 1 atom stereocenters. The molecule has 0 fully saturated rings. The summed E-state index contributed by atoms with van der Waals surface area (Å²) in [6.07, 6.45) is 1.74. The number of nitrogen functional groups attached to an aromatic ring is 1. The maximum atomic E-state index is 6.02. The molecule has 96 valence electrons. The van der Waals surface area contributed by atoms with Crippen LogP contribution in [0.4, 0.5) is 5.82 Å². The first kappa shape index (κ1) is 13.1. The van der Waals surface area contributed by atoms with Crippen molar-refractivity contribution in [1.82, 2.24) is 9.78 Å². The van der Waals surface area contributed by atoms with Gasteiger partial charge in [-0.05, 0) is 60.3 Å². The molecule has 3 nitrogen and oxygen atoms in total. The van der Waals surface area contributed by atoms with E-state index in [4.69, 9.17) is 5.73 Å². The number of hydrogen-bond donors (Lipinski definition) is 1. The lowest BCUT2D eigenvalue weighted by atomic mass is 9.95. The minimum absolute atomic E-state index is 0.136. The average molecular weight is 308 g/mol. The predicted octanol–water partition coefficient (Wildman–Crippen LogP) is 3.76. The molecular weight excluding hydrogens is 290 g/mol. The van der Waals surface area contributed by atoms with Crippen molar-refractivity contribution in [1.29, 1.82) is 0 Å². The quantitative estimate of drug-likeness (QED) is 0.918. The molecule has 0 aliphatic heterocycles. The highest BCUT2D eigenvalue weighted by Crippen LogP contribution is 2.30. The Morgan fingerprint density at radius 1 is 1.22 bits per heavy atom. The second kappa shape index (κ2) is 4.76. The summed E-state index contributed by atoms with van der Waals surface area (Å²) in [5.74, 6) is 0.668. The SMILES string of the molecule is Cc1cc(C)c(C(C)n2ncc(Br)c2N)c(C)c1. The molecule has 0 bridgehead atoms. The van der Waals surface area contributed by atoms with E-state index in [1.165, 1.54) is 22.3 Å². The lowest BCUT2D eigenvalue weighted by Crippen LogP contribution is -2.14. The molecule has 1 unspecified atom stereocenters. The summed E-state index contributed by atoms with van der Waals surface area (Å²) in [5, 5.41) is 4.34. The number of benzene rings is 1. The molecule has 1 aromatic carbocycles. The van der Waals surface area contributed by atoms with E-state index in [1.807, 2.05) is 4.68 Å². The Hall–Kier alpha value is -1.29. The van der Waals surface area contributed by atoms with Gasteiger partial charge < -0.3 is 5.73 Å². The number of aryl methyl sites for hydroxylation is 3. The molecule has 4 heteroatoms. The van der Waals surface area contributed by atoms with Crippen LogP contribution in [-0.4, -0.2) is 9.78 Å². The first-order chi connectivity index (χ1) is 8.41. The molecule has 0 aliphatic rings. The molecule has 0 radical (unpaired) electrons. The van der Waals surface area contributed by atoms with Gasteiger partial charge in [-0.2, -0.15) is 5.10 Å². The van der Waals surface area contributed by atoms with E-state index in [0.29, 0.717) is 5.82 Å². The van der Waals surface area contributed by atoms with Crippen LogP contribution in [0.15, 0.2) is 22.8 Å². The fourth-order valence-corrected chi connectivity index (χ4v) is 2.90. The van der Waals surface area contributed by atoms with Crippen LogP contribution in [0.25, 0.3) is 0 Å². The molecule has 0 spiro atoms. The van der Waals surface area contributed by atoms with E-state index in [2.05, 4.69) is 60.9 Å². The molecular formula is C14H18BrN3. The zero-order valence-corrected chi connectivity index (χ0v) is 12.7. The summed E-state index contributed by atoms with van der Waals surface area (Å²) in [5.41, 5.74) is 11.2. The lowest BCUT2D eigenvalue weighted by Gasteiger charge is -2.20. The zero-order chi connectivity index (χ0) is 13.4. The number of nitrogens with two attached hydrogens (primary N) is 1. The summed E-state index contributed by atoms with van der Waals surface area (Å²) in [6, 6.07) is 4.54. The fraction of sp³-hybridized carbons (Fsp3) is 0.357. The minimum atomic E-state index is 0.136. The minimum Gasteiger partial charge on any atom is -0.383 e. The molecule has 2 rings (SSSR count). The van der Waals surface area contributed by atoms with Crippen molar-refractivity contribution in [2.45, 2.75) is 33.7 Å². The van der Waals surface area contributed by atoms with Crippen molar-refractivity contribution in [2.75, 3.05) is 5.73 Å². The Kier molecular flexibility index (Phi) is 3.48. The number of halogens is 1. The van der Waals surface area contributed by atoms with Gasteiger partial charge in [-0.3, -0.25) is 0 Å². The largest absolute Gasteiger partial charge is 0.383 e. The third kappa shape index (κ3) is 2.17. The number of anilines is 1. The van der Waals surface area contributed by atoms with Crippen LogP contribution >= 0.6 is 15.9 Å². The van der Waals surface area contributed by atoms with Crippen LogP contribution in [0, 0.1) is 20.8 Å². The van der Waals surface area contributed by atoms with Gasteiger partial charge in [0.15, 0.2) is 0 Å². The summed E-state index contributed by atoms with van der Waals surface area (Å²) >= 11 is 3.40. The molecule has 0 amide bonds. The molecule has 0 aliphatic carbocycles. The van der Waals surface area contributed by atoms with E-state index in [-0.39, 0.29) is 6.04 Å². The Morgan fingerprint density at radius 2 is 1.78 bits per heavy atom. The fourth-order valence-electron chi connectivity index (χ4n) is 2.63. The van der Waals surface area contributed by atoms with E-state index in [0.717, 1.165) is 4.47 Å². The molecule has 1 aromatic heterocycles. The second-order valence-electron chi connectivity index (χ2n) is 4.81. The monoisotopic (exact) mass is 307 g/mol.